The van der Waals surface area contributed by atoms with Crippen molar-refractivity contribution in [1.82, 2.24) is 9.13 Å². The fourth-order valence-electron chi connectivity index (χ4n) is 2.75. The molecule has 0 fully saturated rings. The number of aromatic nitrogens is 2. The molecule has 1 aromatic heterocycles. The summed E-state index contributed by atoms with van der Waals surface area (Å²) in [6, 6.07) is 16.0. The van der Waals surface area contributed by atoms with Crippen molar-refractivity contribution in [3.8, 4) is 0 Å². The van der Waals surface area contributed by atoms with Gasteiger partial charge in [0.15, 0.2) is 5.78 Å². The monoisotopic (exact) mass is 454 g/mol. The van der Waals surface area contributed by atoms with E-state index in [9.17, 15) is 14.4 Å². The van der Waals surface area contributed by atoms with Crippen molar-refractivity contribution >= 4 is 38.9 Å². The Morgan fingerprint density at radius 1 is 0.966 bits per heavy atom. The number of ketones is 1. The van der Waals surface area contributed by atoms with E-state index in [-0.39, 0.29) is 17.3 Å². The number of nitrogens with two attached hydrogens (primary N) is 1. The highest BCUT2D eigenvalue weighted by molar-refractivity contribution is 9.10. The van der Waals surface area contributed by atoms with Crippen LogP contribution < -0.4 is 22.3 Å². The molecule has 8 heteroatoms. The molecule has 3 rings (SSSR count). The molecule has 0 spiro atoms. The average molecular weight is 455 g/mol. The van der Waals surface area contributed by atoms with Gasteiger partial charge in [0.1, 0.15) is 11.5 Å². The van der Waals surface area contributed by atoms with Gasteiger partial charge in [-0.1, -0.05) is 46.3 Å². The number of nitrogens with zero attached hydrogens (tertiary/aromatic N) is 2. The number of hydrogen-bond donors (Lipinski definition) is 2. The van der Waals surface area contributed by atoms with Gasteiger partial charge in [-0.3, -0.25) is 18.7 Å². The number of carbonyl (C=O) groups is 1. The number of nitrogens with one attached hydrogen (secondary N) is 1. The minimum Gasteiger partial charge on any atom is -0.383 e. The first-order chi connectivity index (χ1) is 13.8. The zero-order valence-corrected chi connectivity index (χ0v) is 17.4. The second kappa shape index (κ2) is 8.32. The highest BCUT2D eigenvalue weighted by Gasteiger charge is 2.16. The molecule has 0 aliphatic rings. The smallest absolute Gasteiger partial charge is 0.332 e. The van der Waals surface area contributed by atoms with E-state index in [2.05, 4.69) is 21.2 Å². The van der Waals surface area contributed by atoms with Crippen LogP contribution in [0.4, 0.5) is 11.5 Å². The van der Waals surface area contributed by atoms with E-state index in [1.54, 1.807) is 36.4 Å². The van der Waals surface area contributed by atoms with Gasteiger partial charge in [0.05, 0.1) is 0 Å². The molecule has 0 aliphatic heterocycles. The van der Waals surface area contributed by atoms with E-state index < -0.39 is 11.2 Å². The molecule has 0 unspecified atom stereocenters. The standard InChI is InChI=1S/C21H19BrN4O3/c1-25-19(23)18(20(28)26(2)21(25)29)24-16(13-6-4-3-5-7-13)12-17(27)14-8-10-15(22)11-9-14/h3-12,24H,23H2,1-2H3/b16-12+. The molecule has 0 saturated heterocycles. The summed E-state index contributed by atoms with van der Waals surface area (Å²) >= 11 is 3.34. The van der Waals surface area contributed by atoms with Gasteiger partial charge in [-0.2, -0.15) is 0 Å². The number of anilines is 2. The number of hydrogen-bond acceptors (Lipinski definition) is 5. The van der Waals surface area contributed by atoms with E-state index in [4.69, 9.17) is 5.73 Å². The zero-order valence-electron chi connectivity index (χ0n) is 15.8. The Hall–Kier alpha value is -3.39. The van der Waals surface area contributed by atoms with E-state index >= 15 is 0 Å². The van der Waals surface area contributed by atoms with Crippen molar-refractivity contribution in [2.75, 3.05) is 11.1 Å². The molecule has 0 atom stereocenters. The first kappa shape index (κ1) is 20.3. The van der Waals surface area contributed by atoms with Crippen molar-refractivity contribution < 1.29 is 4.79 Å². The summed E-state index contributed by atoms with van der Waals surface area (Å²) < 4.78 is 2.99. The molecule has 3 aromatic rings. The molecule has 0 radical (unpaired) electrons. The van der Waals surface area contributed by atoms with Crippen LogP contribution in [0.3, 0.4) is 0 Å². The predicted molar refractivity (Wildman–Crippen MR) is 118 cm³/mol. The Morgan fingerprint density at radius 3 is 2.21 bits per heavy atom. The minimum absolute atomic E-state index is 0.0176. The summed E-state index contributed by atoms with van der Waals surface area (Å²) in [6.45, 7) is 0. The van der Waals surface area contributed by atoms with Gasteiger partial charge in [0.2, 0.25) is 0 Å². The van der Waals surface area contributed by atoms with Crippen molar-refractivity contribution in [3.05, 3.63) is 97.1 Å². The van der Waals surface area contributed by atoms with Gasteiger partial charge >= 0.3 is 5.69 Å². The minimum atomic E-state index is -0.580. The molecule has 0 saturated carbocycles. The van der Waals surface area contributed by atoms with Gasteiger partial charge in [0.25, 0.3) is 5.56 Å². The maximum absolute atomic E-state index is 12.8. The lowest BCUT2D eigenvalue weighted by molar-refractivity contribution is 0.104. The number of carbonyl (C=O) groups excluding carboxylic acids is 1. The highest BCUT2D eigenvalue weighted by Crippen LogP contribution is 2.21. The fraction of sp³-hybridized carbons (Fsp3) is 0.0952. The first-order valence-corrected chi connectivity index (χ1v) is 9.48. The lowest BCUT2D eigenvalue weighted by atomic mass is 10.1. The third-order valence-electron chi connectivity index (χ3n) is 4.46. The van der Waals surface area contributed by atoms with E-state index in [0.717, 1.165) is 9.04 Å². The Morgan fingerprint density at radius 2 is 1.59 bits per heavy atom. The highest BCUT2D eigenvalue weighted by atomic mass is 79.9. The molecule has 29 heavy (non-hydrogen) atoms. The van der Waals surface area contributed by atoms with Crippen molar-refractivity contribution in [1.29, 1.82) is 0 Å². The molecule has 7 nitrogen and oxygen atoms in total. The van der Waals surface area contributed by atoms with Gasteiger partial charge in [0, 0.05) is 35.9 Å². The van der Waals surface area contributed by atoms with Gasteiger partial charge < -0.3 is 11.1 Å². The summed E-state index contributed by atoms with van der Waals surface area (Å²) in [4.78, 5) is 37.5. The fourth-order valence-corrected chi connectivity index (χ4v) is 3.01. The first-order valence-electron chi connectivity index (χ1n) is 8.69. The summed E-state index contributed by atoms with van der Waals surface area (Å²) in [5.74, 6) is -0.264. The topological polar surface area (TPSA) is 99.1 Å². The van der Waals surface area contributed by atoms with Crippen LogP contribution in [0.2, 0.25) is 0 Å². The number of rotatable bonds is 5. The van der Waals surface area contributed by atoms with E-state index in [0.29, 0.717) is 16.8 Å². The number of benzene rings is 2. The number of halogens is 1. The maximum Gasteiger partial charge on any atom is 0.332 e. The van der Waals surface area contributed by atoms with Crippen LogP contribution in [0, 0.1) is 0 Å². The van der Waals surface area contributed by atoms with Crippen LogP contribution >= 0.6 is 15.9 Å². The van der Waals surface area contributed by atoms with Crippen LogP contribution in [0.15, 0.2) is 74.7 Å². The molecule has 148 valence electrons. The molecule has 1 heterocycles. The third-order valence-corrected chi connectivity index (χ3v) is 4.99. The van der Waals surface area contributed by atoms with Crippen LogP contribution in [-0.2, 0) is 14.1 Å². The summed E-state index contributed by atoms with van der Waals surface area (Å²) in [5, 5.41) is 2.97. The average Bonchev–Trinajstić information content (AvgIpc) is 2.74. The molecule has 3 N–H and O–H groups in total. The van der Waals surface area contributed by atoms with E-state index in [1.807, 2.05) is 18.2 Å². The second-order valence-corrected chi connectivity index (χ2v) is 7.30. The summed E-state index contributed by atoms with van der Waals surface area (Å²) in [5.41, 5.74) is 6.48. The van der Waals surface area contributed by atoms with Gasteiger partial charge in [-0.25, -0.2) is 4.79 Å². The Kier molecular flexibility index (Phi) is 5.84. The van der Waals surface area contributed by atoms with Gasteiger partial charge in [-0.05, 0) is 29.8 Å². The Bertz CT molecular complexity index is 1210. The Labute approximate surface area is 175 Å². The van der Waals surface area contributed by atoms with Crippen LogP contribution in [-0.4, -0.2) is 14.9 Å². The van der Waals surface area contributed by atoms with Crippen molar-refractivity contribution in [3.63, 3.8) is 0 Å². The molecule has 0 aliphatic carbocycles. The summed E-state index contributed by atoms with van der Waals surface area (Å²) in [7, 11) is 2.84. The molecule has 2 aromatic carbocycles. The van der Waals surface area contributed by atoms with Gasteiger partial charge in [-0.15, -0.1) is 0 Å². The lowest BCUT2D eigenvalue weighted by Gasteiger charge is -2.16. The number of nitrogen functional groups attached to an aromatic ring is 1. The largest absolute Gasteiger partial charge is 0.383 e. The lowest BCUT2D eigenvalue weighted by Crippen LogP contribution is -2.39. The Balaban J connectivity index is 2.12. The van der Waals surface area contributed by atoms with Crippen LogP contribution in [0.25, 0.3) is 5.70 Å². The van der Waals surface area contributed by atoms with Crippen LogP contribution in [0.1, 0.15) is 15.9 Å². The third kappa shape index (κ3) is 4.22. The second-order valence-electron chi connectivity index (χ2n) is 6.39. The summed E-state index contributed by atoms with van der Waals surface area (Å²) in [6.07, 6.45) is 1.41. The van der Waals surface area contributed by atoms with E-state index in [1.165, 1.54) is 24.7 Å². The normalized spacial score (nSPS) is 11.3. The molecule has 0 bridgehead atoms. The molecular weight excluding hydrogens is 436 g/mol. The number of allylic oxidation sites excluding steroid dienone is 1. The van der Waals surface area contributed by atoms with Crippen LogP contribution in [0.5, 0.6) is 0 Å². The molecule has 0 amide bonds. The van der Waals surface area contributed by atoms with Crippen molar-refractivity contribution in [2.45, 2.75) is 0 Å². The zero-order chi connectivity index (χ0) is 21.1. The maximum atomic E-state index is 12.8. The van der Waals surface area contributed by atoms with Crippen molar-refractivity contribution in [2.24, 2.45) is 14.1 Å². The predicted octanol–water partition coefficient (Wildman–Crippen LogP) is 2.76. The molecular formula is C21H19BrN4O3. The quantitative estimate of drug-likeness (QED) is 0.456. The SMILES string of the molecule is Cn1c(N)c(N/C(=C/C(=O)c2ccc(Br)cc2)c2ccccc2)c(=O)n(C)c1=O.